The van der Waals surface area contributed by atoms with Gasteiger partial charge in [-0.2, -0.15) is 0 Å². The maximum atomic E-state index is 15.8. The Labute approximate surface area is 176 Å². The van der Waals surface area contributed by atoms with E-state index >= 15 is 8.78 Å². The lowest BCUT2D eigenvalue weighted by atomic mass is 9.90. The van der Waals surface area contributed by atoms with Crippen molar-refractivity contribution in [2.24, 2.45) is 5.73 Å². The minimum Gasteiger partial charge on any atom is -0.477 e. The van der Waals surface area contributed by atoms with Gasteiger partial charge in [0.15, 0.2) is 5.82 Å². The normalized spacial score (nSPS) is 21.1. The third kappa shape index (κ3) is 3.09. The zero-order chi connectivity index (χ0) is 21.9. The molecule has 8 heteroatoms. The molecule has 1 atom stereocenters. The van der Waals surface area contributed by atoms with Crippen molar-refractivity contribution < 1.29 is 18.7 Å². The Bertz CT molecular complexity index is 1270. The van der Waals surface area contributed by atoms with E-state index in [-0.39, 0.29) is 29.2 Å². The van der Waals surface area contributed by atoms with Crippen LogP contribution < -0.4 is 16.1 Å². The standard InChI is InChI=1S/C23H21F2N3O3/c24-17-10-15-19(28(14-6-7-14)11-16(21(15)29)22(30)31)18(25)20(17)27-9-8-23(26,12-27)13-4-2-1-3-5-13/h1-5,10-11,14H,6-9,12,26H2,(H,30,31). The SMILES string of the molecule is NC1(c2ccccc2)CCN(c2c(F)cc3c(=O)c(C(=O)O)cn(C4CC4)c3c2F)C1. The molecule has 1 unspecified atom stereocenters. The fourth-order valence-corrected chi connectivity index (χ4v) is 4.54. The summed E-state index contributed by atoms with van der Waals surface area (Å²) in [7, 11) is 0. The van der Waals surface area contributed by atoms with Crippen molar-refractivity contribution in [3.63, 3.8) is 0 Å². The molecule has 0 spiro atoms. The van der Waals surface area contributed by atoms with Crippen molar-refractivity contribution in [1.82, 2.24) is 4.57 Å². The van der Waals surface area contributed by atoms with E-state index in [1.165, 1.54) is 10.8 Å². The minimum atomic E-state index is -1.42. The summed E-state index contributed by atoms with van der Waals surface area (Å²) in [6.45, 7) is 0.572. The molecule has 1 aromatic heterocycles. The molecule has 1 aliphatic heterocycles. The molecular formula is C23H21F2N3O3. The van der Waals surface area contributed by atoms with E-state index in [9.17, 15) is 14.7 Å². The number of rotatable bonds is 4. The van der Waals surface area contributed by atoms with Gasteiger partial charge in [0.1, 0.15) is 17.1 Å². The molecule has 2 aliphatic rings. The van der Waals surface area contributed by atoms with Gasteiger partial charge in [-0.05, 0) is 30.9 Å². The van der Waals surface area contributed by atoms with Crippen LogP contribution in [0.5, 0.6) is 0 Å². The molecule has 2 heterocycles. The number of nitrogens with zero attached hydrogens (tertiary/aromatic N) is 2. The smallest absolute Gasteiger partial charge is 0.341 e. The Balaban J connectivity index is 1.66. The second-order valence-electron chi connectivity index (χ2n) is 8.43. The number of carboxylic acid groups (broad SMARTS) is 1. The number of aromatic carboxylic acids is 1. The summed E-state index contributed by atoms with van der Waals surface area (Å²) < 4.78 is 32.4. The number of aromatic nitrogens is 1. The summed E-state index contributed by atoms with van der Waals surface area (Å²) in [4.78, 5) is 25.7. The number of carbonyl (C=O) groups is 1. The first kappa shape index (κ1) is 19.7. The van der Waals surface area contributed by atoms with Gasteiger partial charge in [-0.1, -0.05) is 30.3 Å². The quantitative estimate of drug-likeness (QED) is 0.669. The topological polar surface area (TPSA) is 88.6 Å². The Kier molecular flexibility index (Phi) is 4.37. The third-order valence-electron chi connectivity index (χ3n) is 6.32. The lowest BCUT2D eigenvalue weighted by Gasteiger charge is -2.27. The van der Waals surface area contributed by atoms with Crippen molar-refractivity contribution in [1.29, 1.82) is 0 Å². The van der Waals surface area contributed by atoms with Gasteiger partial charge in [0.25, 0.3) is 0 Å². The monoisotopic (exact) mass is 425 g/mol. The molecule has 2 aromatic carbocycles. The number of carboxylic acids is 1. The van der Waals surface area contributed by atoms with Crippen LogP contribution in [0.25, 0.3) is 10.9 Å². The van der Waals surface area contributed by atoms with Gasteiger partial charge in [-0.3, -0.25) is 4.79 Å². The Morgan fingerprint density at radius 1 is 1.19 bits per heavy atom. The lowest BCUT2D eigenvalue weighted by Crippen LogP contribution is -2.40. The number of anilines is 1. The summed E-state index contributed by atoms with van der Waals surface area (Å²) >= 11 is 0. The van der Waals surface area contributed by atoms with E-state index in [0.29, 0.717) is 13.0 Å². The third-order valence-corrected chi connectivity index (χ3v) is 6.32. The molecule has 1 saturated heterocycles. The fraction of sp³-hybridized carbons (Fsp3) is 0.304. The first-order valence-electron chi connectivity index (χ1n) is 10.2. The predicted octanol–water partition coefficient (Wildman–Crippen LogP) is 3.38. The Hall–Kier alpha value is -3.26. The number of hydrogen-bond donors (Lipinski definition) is 2. The number of halogens is 2. The first-order valence-corrected chi connectivity index (χ1v) is 10.2. The molecular weight excluding hydrogens is 404 g/mol. The maximum Gasteiger partial charge on any atom is 0.341 e. The van der Waals surface area contributed by atoms with E-state index in [4.69, 9.17) is 5.73 Å². The summed E-state index contributed by atoms with van der Waals surface area (Å²) in [5.41, 5.74) is 5.06. The van der Waals surface area contributed by atoms with E-state index in [1.807, 2.05) is 30.3 Å². The molecule has 2 fully saturated rings. The van der Waals surface area contributed by atoms with Gasteiger partial charge in [0.05, 0.1) is 16.4 Å². The van der Waals surface area contributed by atoms with Crippen molar-refractivity contribution in [2.45, 2.75) is 30.8 Å². The first-order chi connectivity index (χ1) is 14.8. The van der Waals surface area contributed by atoms with Crippen LogP contribution in [0.1, 0.15) is 41.2 Å². The highest BCUT2D eigenvalue weighted by molar-refractivity contribution is 5.94. The van der Waals surface area contributed by atoms with Crippen LogP contribution in [0.3, 0.4) is 0 Å². The Morgan fingerprint density at radius 2 is 1.90 bits per heavy atom. The second kappa shape index (κ2) is 6.88. The molecule has 160 valence electrons. The summed E-state index contributed by atoms with van der Waals surface area (Å²) in [5.74, 6) is -3.17. The number of nitrogens with two attached hydrogens (primary N) is 1. The van der Waals surface area contributed by atoms with Crippen LogP contribution in [-0.4, -0.2) is 28.7 Å². The molecule has 0 amide bonds. The largest absolute Gasteiger partial charge is 0.477 e. The molecule has 0 bridgehead atoms. The van der Waals surface area contributed by atoms with Gasteiger partial charge >= 0.3 is 5.97 Å². The van der Waals surface area contributed by atoms with Crippen LogP contribution in [-0.2, 0) is 5.54 Å². The number of pyridine rings is 1. The molecule has 3 N–H and O–H groups in total. The highest BCUT2D eigenvalue weighted by atomic mass is 19.1. The molecule has 3 aromatic rings. The van der Waals surface area contributed by atoms with Crippen molar-refractivity contribution >= 4 is 22.6 Å². The van der Waals surface area contributed by atoms with Crippen molar-refractivity contribution in [3.8, 4) is 0 Å². The highest BCUT2D eigenvalue weighted by Gasteiger charge is 2.39. The average molecular weight is 425 g/mol. The van der Waals surface area contributed by atoms with E-state index < -0.39 is 34.1 Å². The predicted molar refractivity (Wildman–Crippen MR) is 112 cm³/mol. The molecule has 5 rings (SSSR count). The van der Waals surface area contributed by atoms with Crippen LogP contribution in [0, 0.1) is 11.6 Å². The summed E-state index contributed by atoms with van der Waals surface area (Å²) in [6, 6.07) is 10.3. The second-order valence-corrected chi connectivity index (χ2v) is 8.43. The number of hydrogen-bond acceptors (Lipinski definition) is 4. The number of benzene rings is 2. The van der Waals surface area contributed by atoms with Crippen LogP contribution >= 0.6 is 0 Å². The van der Waals surface area contributed by atoms with Crippen LogP contribution in [0.15, 0.2) is 47.4 Å². The van der Waals surface area contributed by atoms with Crippen molar-refractivity contribution in [2.75, 3.05) is 18.0 Å². The van der Waals surface area contributed by atoms with E-state index in [2.05, 4.69) is 0 Å². The van der Waals surface area contributed by atoms with Gasteiger partial charge in [-0.25, -0.2) is 13.6 Å². The molecule has 31 heavy (non-hydrogen) atoms. The van der Waals surface area contributed by atoms with Gasteiger partial charge in [0.2, 0.25) is 5.43 Å². The van der Waals surface area contributed by atoms with Crippen LogP contribution in [0.4, 0.5) is 14.5 Å². The lowest BCUT2D eigenvalue weighted by molar-refractivity contribution is 0.0694. The maximum absolute atomic E-state index is 15.8. The van der Waals surface area contributed by atoms with Gasteiger partial charge in [0, 0.05) is 25.3 Å². The summed E-state index contributed by atoms with van der Waals surface area (Å²) in [5, 5.41) is 9.10. The fourth-order valence-electron chi connectivity index (χ4n) is 4.54. The minimum absolute atomic E-state index is 0.0527. The summed E-state index contributed by atoms with van der Waals surface area (Å²) in [6.07, 6.45) is 3.18. The zero-order valence-electron chi connectivity index (χ0n) is 16.6. The molecule has 1 saturated carbocycles. The zero-order valence-corrected chi connectivity index (χ0v) is 16.6. The van der Waals surface area contributed by atoms with Gasteiger partial charge in [-0.15, -0.1) is 0 Å². The average Bonchev–Trinajstić information content (AvgIpc) is 3.51. The van der Waals surface area contributed by atoms with E-state index in [1.54, 1.807) is 4.90 Å². The molecule has 0 radical (unpaired) electrons. The highest BCUT2D eigenvalue weighted by Crippen LogP contribution is 2.41. The van der Waals surface area contributed by atoms with Gasteiger partial charge < -0.3 is 20.3 Å². The number of fused-ring (bicyclic) bond motifs is 1. The van der Waals surface area contributed by atoms with Crippen LogP contribution in [0.2, 0.25) is 0 Å². The molecule has 6 nitrogen and oxygen atoms in total. The van der Waals surface area contributed by atoms with Crippen molar-refractivity contribution in [3.05, 3.63) is 75.6 Å². The Morgan fingerprint density at radius 3 is 2.55 bits per heavy atom. The van der Waals surface area contributed by atoms with E-state index in [0.717, 1.165) is 24.5 Å². The molecule has 1 aliphatic carbocycles.